The number of hydrogen-bond acceptors (Lipinski definition) is 2. The SMILES string of the molecule is COc1ccc([C@H](C#Cc2ccccc2)NP(=O)(c2ccccc2)c2ccccc2)cc1. The summed E-state index contributed by atoms with van der Waals surface area (Å²) in [5, 5.41) is 4.91. The second-order valence-corrected chi connectivity index (χ2v) is 9.76. The molecule has 4 heteroatoms. The Bertz CT molecular complexity index is 1200. The van der Waals surface area contributed by atoms with Crippen LogP contribution in [0.15, 0.2) is 115 Å². The maximum atomic E-state index is 14.5. The van der Waals surface area contributed by atoms with E-state index in [4.69, 9.17) is 4.74 Å². The summed E-state index contributed by atoms with van der Waals surface area (Å²) in [6.45, 7) is 0. The van der Waals surface area contributed by atoms with Crippen molar-refractivity contribution in [3.63, 3.8) is 0 Å². The van der Waals surface area contributed by atoms with Gasteiger partial charge in [0.2, 0.25) is 7.29 Å². The standard InChI is InChI=1S/C28H24NO2P/c1-31-25-20-18-24(19-21-25)28(22-17-23-11-5-2-6-12-23)29-32(30,26-13-7-3-8-14-26)27-15-9-4-10-16-27/h2-16,18-21,28H,1H3,(H,29,30)/t28-/m0/s1. The van der Waals surface area contributed by atoms with E-state index < -0.39 is 13.3 Å². The molecule has 0 saturated heterocycles. The number of nitrogens with one attached hydrogen (secondary N) is 1. The molecular formula is C28H24NO2P. The lowest BCUT2D eigenvalue weighted by Crippen LogP contribution is -2.30. The van der Waals surface area contributed by atoms with Crippen molar-refractivity contribution in [2.24, 2.45) is 0 Å². The molecule has 158 valence electrons. The van der Waals surface area contributed by atoms with Gasteiger partial charge in [0.15, 0.2) is 0 Å². The first-order valence-corrected chi connectivity index (χ1v) is 12.1. The highest BCUT2D eigenvalue weighted by molar-refractivity contribution is 7.76. The van der Waals surface area contributed by atoms with Gasteiger partial charge in [0.1, 0.15) is 11.8 Å². The molecule has 0 amide bonds. The molecule has 1 atom stereocenters. The van der Waals surface area contributed by atoms with Crippen molar-refractivity contribution in [3.05, 3.63) is 126 Å². The Kier molecular flexibility index (Phi) is 6.87. The van der Waals surface area contributed by atoms with Gasteiger partial charge in [-0.05, 0) is 54.1 Å². The predicted octanol–water partition coefficient (Wildman–Crippen LogP) is 5.31. The number of hydrogen-bond donors (Lipinski definition) is 1. The Morgan fingerprint density at radius 2 is 1.22 bits per heavy atom. The average Bonchev–Trinajstić information content (AvgIpc) is 2.88. The second kappa shape index (κ2) is 10.2. The van der Waals surface area contributed by atoms with Gasteiger partial charge in [-0.2, -0.15) is 0 Å². The molecule has 0 radical (unpaired) electrons. The summed E-state index contributed by atoms with van der Waals surface area (Å²) >= 11 is 0. The molecule has 0 aromatic heterocycles. The van der Waals surface area contributed by atoms with Gasteiger partial charge in [0.25, 0.3) is 0 Å². The third kappa shape index (κ3) is 5.01. The summed E-state index contributed by atoms with van der Waals surface area (Å²) in [6.07, 6.45) is 0. The van der Waals surface area contributed by atoms with Crippen LogP contribution in [0.3, 0.4) is 0 Å². The summed E-state index contributed by atoms with van der Waals surface area (Å²) < 4.78 is 19.8. The summed E-state index contributed by atoms with van der Waals surface area (Å²) in [5.41, 5.74) is 1.82. The third-order valence-corrected chi connectivity index (χ3v) is 7.81. The van der Waals surface area contributed by atoms with E-state index in [1.807, 2.05) is 115 Å². The number of rotatable bonds is 6. The average molecular weight is 437 g/mol. The quantitative estimate of drug-likeness (QED) is 0.328. The second-order valence-electron chi connectivity index (χ2n) is 7.25. The first kappa shape index (κ1) is 21.7. The molecule has 0 saturated carbocycles. The molecule has 4 rings (SSSR count). The normalized spacial score (nSPS) is 11.8. The van der Waals surface area contributed by atoms with Gasteiger partial charge in [-0.1, -0.05) is 78.6 Å². The smallest absolute Gasteiger partial charge is 0.205 e. The zero-order valence-corrected chi connectivity index (χ0v) is 18.7. The van der Waals surface area contributed by atoms with Crippen molar-refractivity contribution < 1.29 is 9.30 Å². The summed E-state index contributed by atoms with van der Waals surface area (Å²) in [5.74, 6) is 7.31. The van der Waals surface area contributed by atoms with Crippen LogP contribution in [0.1, 0.15) is 17.2 Å². The van der Waals surface area contributed by atoms with Crippen LogP contribution in [0.4, 0.5) is 0 Å². The van der Waals surface area contributed by atoms with Crippen molar-refractivity contribution in [3.8, 4) is 17.6 Å². The molecule has 32 heavy (non-hydrogen) atoms. The molecule has 0 bridgehead atoms. The largest absolute Gasteiger partial charge is 0.497 e. The van der Waals surface area contributed by atoms with E-state index in [1.165, 1.54) is 0 Å². The topological polar surface area (TPSA) is 38.3 Å². The van der Waals surface area contributed by atoms with Crippen molar-refractivity contribution in [1.82, 2.24) is 5.09 Å². The number of benzene rings is 4. The molecule has 4 aromatic rings. The van der Waals surface area contributed by atoms with E-state index in [9.17, 15) is 4.57 Å². The van der Waals surface area contributed by atoms with Gasteiger partial charge in [0, 0.05) is 16.2 Å². The summed E-state index contributed by atoms with van der Waals surface area (Å²) in [4.78, 5) is 0. The lowest BCUT2D eigenvalue weighted by molar-refractivity contribution is 0.414. The maximum Gasteiger partial charge on any atom is 0.205 e. The molecule has 0 unspecified atom stereocenters. The van der Waals surface area contributed by atoms with Crippen LogP contribution in [0.25, 0.3) is 0 Å². The Morgan fingerprint density at radius 3 is 1.72 bits per heavy atom. The van der Waals surface area contributed by atoms with E-state index in [1.54, 1.807) is 7.11 Å². The molecule has 0 aliphatic carbocycles. The van der Waals surface area contributed by atoms with Crippen molar-refractivity contribution in [2.45, 2.75) is 6.04 Å². The Hall–Kier alpha value is -3.57. The highest BCUT2D eigenvalue weighted by Crippen LogP contribution is 2.41. The number of methoxy groups -OCH3 is 1. The Labute approximate surface area is 189 Å². The molecule has 0 fully saturated rings. The molecule has 4 aromatic carbocycles. The van der Waals surface area contributed by atoms with Crippen LogP contribution in [0.5, 0.6) is 5.75 Å². The highest BCUT2D eigenvalue weighted by atomic mass is 31.2. The summed E-state index contributed by atoms with van der Waals surface area (Å²) in [6, 6.07) is 36.1. The van der Waals surface area contributed by atoms with Crippen LogP contribution in [0.2, 0.25) is 0 Å². The monoisotopic (exact) mass is 437 g/mol. The molecule has 0 spiro atoms. The van der Waals surface area contributed by atoms with Crippen molar-refractivity contribution in [2.75, 3.05) is 7.11 Å². The Balaban J connectivity index is 1.80. The zero-order valence-electron chi connectivity index (χ0n) is 17.8. The predicted molar refractivity (Wildman–Crippen MR) is 132 cm³/mol. The van der Waals surface area contributed by atoms with Crippen molar-refractivity contribution >= 4 is 17.9 Å². The Morgan fingerprint density at radius 1 is 0.719 bits per heavy atom. The van der Waals surface area contributed by atoms with E-state index in [2.05, 4.69) is 16.9 Å². The van der Waals surface area contributed by atoms with Gasteiger partial charge >= 0.3 is 0 Å². The first-order chi connectivity index (χ1) is 15.7. The minimum Gasteiger partial charge on any atom is -0.497 e. The fourth-order valence-corrected chi connectivity index (χ4v) is 5.78. The van der Waals surface area contributed by atoms with Crippen LogP contribution in [0, 0.1) is 11.8 Å². The minimum absolute atomic E-state index is 0.452. The number of ether oxygens (including phenoxy) is 1. The fourth-order valence-electron chi connectivity index (χ4n) is 3.42. The van der Waals surface area contributed by atoms with Gasteiger partial charge < -0.3 is 4.74 Å². The fraction of sp³-hybridized carbons (Fsp3) is 0.0714. The van der Waals surface area contributed by atoms with Crippen LogP contribution >= 0.6 is 7.29 Å². The van der Waals surface area contributed by atoms with Gasteiger partial charge in [-0.25, -0.2) is 5.09 Å². The van der Waals surface area contributed by atoms with E-state index in [0.717, 1.165) is 27.5 Å². The van der Waals surface area contributed by atoms with E-state index >= 15 is 0 Å². The van der Waals surface area contributed by atoms with Crippen LogP contribution in [-0.2, 0) is 4.57 Å². The molecule has 0 heterocycles. The van der Waals surface area contributed by atoms with E-state index in [0.29, 0.717) is 0 Å². The lowest BCUT2D eigenvalue weighted by atomic mass is 10.1. The molecule has 1 N–H and O–H groups in total. The third-order valence-electron chi connectivity index (χ3n) is 5.13. The molecular weight excluding hydrogens is 413 g/mol. The van der Waals surface area contributed by atoms with Gasteiger partial charge in [-0.15, -0.1) is 0 Å². The van der Waals surface area contributed by atoms with Gasteiger partial charge in [-0.3, -0.25) is 4.57 Å². The van der Waals surface area contributed by atoms with Crippen LogP contribution < -0.4 is 20.4 Å². The zero-order chi connectivity index (χ0) is 22.2. The maximum absolute atomic E-state index is 14.5. The lowest BCUT2D eigenvalue weighted by Gasteiger charge is -2.24. The first-order valence-electron chi connectivity index (χ1n) is 10.4. The van der Waals surface area contributed by atoms with E-state index in [-0.39, 0.29) is 0 Å². The highest BCUT2D eigenvalue weighted by Gasteiger charge is 2.30. The van der Waals surface area contributed by atoms with Crippen LogP contribution in [-0.4, -0.2) is 7.11 Å². The van der Waals surface area contributed by atoms with Gasteiger partial charge in [0.05, 0.1) is 7.11 Å². The van der Waals surface area contributed by atoms with Crippen molar-refractivity contribution in [1.29, 1.82) is 0 Å². The minimum atomic E-state index is -3.17. The molecule has 0 aliphatic rings. The molecule has 0 aliphatic heterocycles. The molecule has 3 nitrogen and oxygen atoms in total. The summed E-state index contributed by atoms with van der Waals surface area (Å²) in [7, 11) is -1.53.